The molecule has 0 aliphatic carbocycles. The lowest BCUT2D eigenvalue weighted by Crippen LogP contribution is -2.12. The summed E-state index contributed by atoms with van der Waals surface area (Å²) in [5.74, 6) is 0.908. The fourth-order valence-corrected chi connectivity index (χ4v) is 7.32. The number of para-hydroxylation sites is 3. The molecule has 0 bridgehead atoms. The van der Waals surface area contributed by atoms with Gasteiger partial charge in [0.1, 0.15) is 22.5 Å². The van der Waals surface area contributed by atoms with Crippen molar-refractivity contribution < 1.29 is 8.83 Å². The van der Waals surface area contributed by atoms with E-state index in [1.165, 1.54) is 11.1 Å². The van der Waals surface area contributed by atoms with E-state index < -0.39 is 0 Å². The summed E-state index contributed by atoms with van der Waals surface area (Å²) in [6.45, 7) is 4.23. The third-order valence-corrected chi connectivity index (χ3v) is 9.80. The highest BCUT2D eigenvalue weighted by molar-refractivity contribution is 6.14. The van der Waals surface area contributed by atoms with Gasteiger partial charge in [-0.2, -0.15) is 0 Å². The predicted molar refractivity (Wildman–Crippen MR) is 214 cm³/mol. The zero-order valence-electron chi connectivity index (χ0n) is 28.5. The molecular weight excluding hydrogens is 623 g/mol. The number of hydrogen-bond acceptors (Lipinski definition) is 3. The summed E-state index contributed by atoms with van der Waals surface area (Å²) in [6, 6.07) is 59.8. The molecule has 0 aliphatic heterocycles. The van der Waals surface area contributed by atoms with Crippen LogP contribution in [0.25, 0.3) is 66.8 Å². The Morgan fingerprint density at radius 1 is 0.490 bits per heavy atom. The van der Waals surface area contributed by atoms with Gasteiger partial charge in [0, 0.05) is 27.6 Å². The van der Waals surface area contributed by atoms with E-state index in [1.54, 1.807) is 0 Å². The zero-order chi connectivity index (χ0) is 34.3. The topological polar surface area (TPSA) is 29.5 Å². The molecule has 9 rings (SSSR count). The van der Waals surface area contributed by atoms with E-state index in [2.05, 4.69) is 163 Å². The minimum absolute atomic E-state index is 0.858. The van der Waals surface area contributed by atoms with Crippen molar-refractivity contribution in [3.05, 3.63) is 187 Å². The van der Waals surface area contributed by atoms with E-state index in [1.807, 2.05) is 31.2 Å². The van der Waals surface area contributed by atoms with Crippen LogP contribution in [-0.2, 0) is 0 Å². The maximum Gasteiger partial charge on any atom is 0.137 e. The molecule has 0 unspecified atom stereocenters. The number of aryl methyl sites for hydroxylation is 1. The van der Waals surface area contributed by atoms with Crippen molar-refractivity contribution in [1.29, 1.82) is 0 Å². The third-order valence-electron chi connectivity index (χ3n) is 9.80. The lowest BCUT2D eigenvalue weighted by Gasteiger charge is -2.29. The van der Waals surface area contributed by atoms with E-state index in [4.69, 9.17) is 8.83 Å². The highest BCUT2D eigenvalue weighted by Crippen LogP contribution is 2.46. The van der Waals surface area contributed by atoms with Gasteiger partial charge in [-0.3, -0.25) is 0 Å². The molecule has 0 amide bonds. The van der Waals surface area contributed by atoms with Gasteiger partial charge >= 0.3 is 0 Å². The Labute approximate surface area is 297 Å². The van der Waals surface area contributed by atoms with Gasteiger partial charge in [-0.1, -0.05) is 127 Å². The molecule has 0 atom stereocenters. The van der Waals surface area contributed by atoms with Gasteiger partial charge < -0.3 is 13.7 Å². The van der Waals surface area contributed by atoms with Crippen LogP contribution in [0.4, 0.5) is 17.1 Å². The van der Waals surface area contributed by atoms with E-state index in [-0.39, 0.29) is 0 Å². The Bertz CT molecular complexity index is 2710. The van der Waals surface area contributed by atoms with Gasteiger partial charge in [0.25, 0.3) is 0 Å². The maximum atomic E-state index is 6.41. The second-order valence-electron chi connectivity index (χ2n) is 13.0. The van der Waals surface area contributed by atoms with Crippen LogP contribution in [0.3, 0.4) is 0 Å². The second kappa shape index (κ2) is 12.7. The van der Waals surface area contributed by atoms with Gasteiger partial charge in [0.15, 0.2) is 0 Å². The maximum absolute atomic E-state index is 6.41. The number of benzene rings is 7. The van der Waals surface area contributed by atoms with E-state index in [0.717, 1.165) is 83.6 Å². The molecule has 0 fully saturated rings. The van der Waals surface area contributed by atoms with E-state index in [0.29, 0.717) is 0 Å². The molecule has 9 aromatic rings. The number of furan rings is 2. The molecule has 51 heavy (non-hydrogen) atoms. The number of hydrogen-bond donors (Lipinski definition) is 0. The van der Waals surface area contributed by atoms with Crippen LogP contribution >= 0.6 is 0 Å². The first-order chi connectivity index (χ1) is 25.1. The molecule has 2 heterocycles. The monoisotopic (exact) mass is 657 g/mol. The third kappa shape index (κ3) is 5.50. The van der Waals surface area contributed by atoms with Crippen molar-refractivity contribution in [2.45, 2.75) is 13.8 Å². The summed E-state index contributed by atoms with van der Waals surface area (Å²) in [5, 5.41) is 3.29. The fourth-order valence-electron chi connectivity index (χ4n) is 7.32. The number of allylic oxidation sites excluding steroid dienone is 1. The molecule has 3 nitrogen and oxygen atoms in total. The molecule has 7 aromatic carbocycles. The Hall–Kier alpha value is -6.58. The Balaban J connectivity index is 1.23. The van der Waals surface area contributed by atoms with Crippen molar-refractivity contribution >= 4 is 61.6 Å². The summed E-state index contributed by atoms with van der Waals surface area (Å²) >= 11 is 0. The van der Waals surface area contributed by atoms with E-state index >= 15 is 0 Å². The number of anilines is 3. The van der Waals surface area contributed by atoms with Gasteiger partial charge in [-0.25, -0.2) is 0 Å². The largest absolute Gasteiger partial charge is 0.461 e. The fraction of sp³-hybridized carbons (Fsp3) is 0.0417. The van der Waals surface area contributed by atoms with Crippen LogP contribution in [0, 0.1) is 6.92 Å². The first-order valence-corrected chi connectivity index (χ1v) is 17.3. The molecule has 2 aromatic heterocycles. The highest BCUT2D eigenvalue weighted by Gasteiger charge is 2.22. The lowest BCUT2D eigenvalue weighted by atomic mass is 9.98. The molecule has 0 spiro atoms. The molecule has 0 saturated heterocycles. The van der Waals surface area contributed by atoms with E-state index in [9.17, 15) is 0 Å². The minimum Gasteiger partial charge on any atom is -0.461 e. The van der Waals surface area contributed by atoms with Crippen LogP contribution in [0.1, 0.15) is 23.8 Å². The van der Waals surface area contributed by atoms with Crippen LogP contribution in [0.5, 0.6) is 0 Å². The average molecular weight is 658 g/mol. The molecule has 0 saturated carbocycles. The summed E-state index contributed by atoms with van der Waals surface area (Å²) in [7, 11) is 0. The molecule has 244 valence electrons. The first-order valence-electron chi connectivity index (χ1n) is 17.3. The highest BCUT2D eigenvalue weighted by atomic mass is 16.3. The second-order valence-corrected chi connectivity index (χ2v) is 13.0. The summed E-state index contributed by atoms with van der Waals surface area (Å²) < 4.78 is 12.6. The Kier molecular flexibility index (Phi) is 7.59. The smallest absolute Gasteiger partial charge is 0.137 e. The summed E-state index contributed by atoms with van der Waals surface area (Å²) in [5.41, 5.74) is 13.9. The Morgan fingerprint density at radius 3 is 1.86 bits per heavy atom. The standard InChI is InChI=1S/C48H35NO2/c1-32(30-42-33(2)50-45-23-10-7-19-40(42)45)39-18-6-9-21-43(39)49(44-22-13-25-47-48(44)41-20-8-11-24-46(41)51-47)38-17-12-16-37(31-38)36-28-26-35(27-29-36)34-14-4-3-5-15-34/h3-31H,1-2H3/b32-30+. The summed E-state index contributed by atoms with van der Waals surface area (Å²) in [4.78, 5) is 2.39. The van der Waals surface area contributed by atoms with Gasteiger partial charge in [0.05, 0.1) is 16.8 Å². The van der Waals surface area contributed by atoms with Gasteiger partial charge in [-0.15, -0.1) is 0 Å². The predicted octanol–water partition coefficient (Wildman–Crippen LogP) is 14.0. The van der Waals surface area contributed by atoms with Crippen molar-refractivity contribution in [1.82, 2.24) is 0 Å². The molecule has 0 N–H and O–H groups in total. The summed E-state index contributed by atoms with van der Waals surface area (Å²) in [6.07, 6.45) is 2.26. The van der Waals surface area contributed by atoms with Gasteiger partial charge in [-0.05, 0) is 90.2 Å². The van der Waals surface area contributed by atoms with Crippen LogP contribution < -0.4 is 4.90 Å². The molecular formula is C48H35NO2. The zero-order valence-corrected chi connectivity index (χ0v) is 28.5. The Morgan fingerprint density at radius 2 is 1.06 bits per heavy atom. The van der Waals surface area contributed by atoms with Crippen molar-refractivity contribution in [3.8, 4) is 22.3 Å². The normalized spacial score (nSPS) is 11.8. The SMILES string of the molecule is C/C(=C\c1c(C)oc2ccccc12)c1ccccc1N(c1cccc(-c2ccc(-c3ccccc3)cc2)c1)c1cccc2oc3ccccc3c12. The molecule has 0 aliphatic rings. The number of fused-ring (bicyclic) bond motifs is 4. The minimum atomic E-state index is 0.858. The average Bonchev–Trinajstić information content (AvgIpc) is 3.73. The van der Waals surface area contributed by atoms with Gasteiger partial charge in [0.2, 0.25) is 0 Å². The first kappa shape index (κ1) is 30.5. The van der Waals surface area contributed by atoms with Crippen LogP contribution in [0.2, 0.25) is 0 Å². The molecule has 0 radical (unpaired) electrons. The molecule has 3 heteroatoms. The van der Waals surface area contributed by atoms with Crippen molar-refractivity contribution in [2.24, 2.45) is 0 Å². The van der Waals surface area contributed by atoms with Crippen molar-refractivity contribution in [2.75, 3.05) is 4.90 Å². The number of rotatable bonds is 7. The lowest BCUT2D eigenvalue weighted by molar-refractivity contribution is 0.577. The quantitative estimate of drug-likeness (QED) is 0.171. The van der Waals surface area contributed by atoms with Crippen LogP contribution in [-0.4, -0.2) is 0 Å². The van der Waals surface area contributed by atoms with Crippen LogP contribution in [0.15, 0.2) is 179 Å². The number of nitrogens with zero attached hydrogens (tertiary/aromatic N) is 1. The van der Waals surface area contributed by atoms with Crippen molar-refractivity contribution in [3.63, 3.8) is 0 Å².